The van der Waals surface area contributed by atoms with Crippen molar-refractivity contribution in [3.63, 3.8) is 0 Å². The van der Waals surface area contributed by atoms with Crippen LogP contribution in [0, 0.1) is 0 Å². The Morgan fingerprint density at radius 3 is 2.62 bits per heavy atom. The maximum Gasteiger partial charge on any atom is 0.270 e. The fourth-order valence-corrected chi connectivity index (χ4v) is 2.53. The van der Waals surface area contributed by atoms with Crippen molar-refractivity contribution in [3.8, 4) is 11.3 Å². The van der Waals surface area contributed by atoms with E-state index in [0.29, 0.717) is 5.69 Å². The molecule has 1 aromatic heterocycles. The molecule has 0 atom stereocenters. The summed E-state index contributed by atoms with van der Waals surface area (Å²) >= 11 is 0. The number of amides is 1. The van der Waals surface area contributed by atoms with E-state index in [1.165, 1.54) is 0 Å². The minimum absolute atomic E-state index is 0. The summed E-state index contributed by atoms with van der Waals surface area (Å²) in [6.07, 6.45) is 1.01. The van der Waals surface area contributed by atoms with Crippen LogP contribution in [0.3, 0.4) is 0 Å². The average Bonchev–Trinajstić information content (AvgIpc) is 2.83. The molecule has 5 heteroatoms. The molecule has 21 heavy (non-hydrogen) atoms. The Balaban J connectivity index is 0.00000161. The molecule has 0 unspecified atom stereocenters. The van der Waals surface area contributed by atoms with Crippen LogP contribution in [0.5, 0.6) is 0 Å². The van der Waals surface area contributed by atoms with Crippen LogP contribution in [0.1, 0.15) is 16.9 Å². The van der Waals surface area contributed by atoms with Gasteiger partial charge in [-0.3, -0.25) is 4.79 Å². The molecule has 1 aliphatic rings. The van der Waals surface area contributed by atoms with Gasteiger partial charge in [-0.2, -0.15) is 0 Å². The molecule has 0 bridgehead atoms. The van der Waals surface area contributed by atoms with E-state index in [1.54, 1.807) is 0 Å². The first-order valence-electron chi connectivity index (χ1n) is 7.09. The average molecular weight is 306 g/mol. The molecule has 2 heterocycles. The summed E-state index contributed by atoms with van der Waals surface area (Å²) in [6.45, 7) is 3.46. The first kappa shape index (κ1) is 15.6. The summed E-state index contributed by atoms with van der Waals surface area (Å²) in [5.41, 5.74) is 2.76. The van der Waals surface area contributed by atoms with Crippen LogP contribution in [-0.4, -0.2) is 42.0 Å². The van der Waals surface area contributed by atoms with Gasteiger partial charge in [-0.05, 0) is 30.7 Å². The lowest BCUT2D eigenvalue weighted by Crippen LogP contribution is -2.34. The van der Waals surface area contributed by atoms with Crippen LogP contribution in [0.15, 0.2) is 42.5 Å². The van der Waals surface area contributed by atoms with Crippen molar-refractivity contribution in [1.29, 1.82) is 0 Å². The summed E-state index contributed by atoms with van der Waals surface area (Å²) in [4.78, 5) is 17.6. The Labute approximate surface area is 131 Å². The number of nitrogens with one attached hydrogen (secondary N) is 2. The Bertz CT molecular complexity index is 574. The van der Waals surface area contributed by atoms with Crippen LogP contribution >= 0.6 is 12.4 Å². The van der Waals surface area contributed by atoms with Gasteiger partial charge in [-0.1, -0.05) is 30.3 Å². The van der Waals surface area contributed by atoms with E-state index >= 15 is 0 Å². The zero-order valence-electron chi connectivity index (χ0n) is 11.8. The van der Waals surface area contributed by atoms with E-state index in [-0.39, 0.29) is 18.3 Å². The summed E-state index contributed by atoms with van der Waals surface area (Å²) < 4.78 is 0. The fourth-order valence-electron chi connectivity index (χ4n) is 2.53. The Morgan fingerprint density at radius 2 is 1.81 bits per heavy atom. The predicted molar refractivity (Wildman–Crippen MR) is 86.9 cm³/mol. The Kier molecular flexibility index (Phi) is 5.42. The van der Waals surface area contributed by atoms with Crippen LogP contribution in [-0.2, 0) is 0 Å². The second-order valence-corrected chi connectivity index (χ2v) is 5.05. The summed E-state index contributed by atoms with van der Waals surface area (Å²) in [7, 11) is 0. The number of aromatic nitrogens is 1. The van der Waals surface area contributed by atoms with E-state index in [1.807, 2.05) is 47.4 Å². The van der Waals surface area contributed by atoms with Gasteiger partial charge in [0.2, 0.25) is 0 Å². The highest BCUT2D eigenvalue weighted by Gasteiger charge is 2.18. The van der Waals surface area contributed by atoms with Crippen LogP contribution in [0.2, 0.25) is 0 Å². The SMILES string of the molecule is Cl.O=C(c1ccc(-c2ccccc2)[nH]1)N1CCCNCC1. The number of aromatic amines is 1. The third kappa shape index (κ3) is 3.65. The Hall–Kier alpha value is -1.78. The number of hydrogen-bond acceptors (Lipinski definition) is 2. The molecule has 1 amide bonds. The molecule has 4 nitrogen and oxygen atoms in total. The minimum Gasteiger partial charge on any atom is -0.351 e. The number of nitrogens with zero attached hydrogens (tertiary/aromatic N) is 1. The number of H-pyrrole nitrogens is 1. The third-order valence-electron chi connectivity index (χ3n) is 3.63. The first-order valence-corrected chi connectivity index (χ1v) is 7.09. The maximum atomic E-state index is 12.5. The molecule has 0 saturated carbocycles. The van der Waals surface area contributed by atoms with Crippen molar-refractivity contribution >= 4 is 18.3 Å². The molecule has 3 rings (SSSR count). The van der Waals surface area contributed by atoms with E-state index in [9.17, 15) is 4.79 Å². The van der Waals surface area contributed by atoms with Gasteiger partial charge in [0.15, 0.2) is 0 Å². The third-order valence-corrected chi connectivity index (χ3v) is 3.63. The maximum absolute atomic E-state index is 12.5. The lowest BCUT2D eigenvalue weighted by Gasteiger charge is -2.18. The largest absolute Gasteiger partial charge is 0.351 e. The van der Waals surface area contributed by atoms with Crippen molar-refractivity contribution in [2.75, 3.05) is 26.2 Å². The molecule has 1 aromatic carbocycles. The molecule has 2 aromatic rings. The quantitative estimate of drug-likeness (QED) is 0.896. The highest BCUT2D eigenvalue weighted by Crippen LogP contribution is 2.18. The van der Waals surface area contributed by atoms with Crippen molar-refractivity contribution in [2.24, 2.45) is 0 Å². The second-order valence-electron chi connectivity index (χ2n) is 5.05. The van der Waals surface area contributed by atoms with Gasteiger partial charge < -0.3 is 15.2 Å². The van der Waals surface area contributed by atoms with Crippen molar-refractivity contribution in [2.45, 2.75) is 6.42 Å². The van der Waals surface area contributed by atoms with Gasteiger partial charge >= 0.3 is 0 Å². The standard InChI is InChI=1S/C16H19N3O.ClH/c20-16(19-11-4-9-17-10-12-19)15-8-7-14(18-15)13-5-2-1-3-6-13;/h1-3,5-8,17-18H,4,9-12H2;1H. The lowest BCUT2D eigenvalue weighted by molar-refractivity contribution is 0.0761. The van der Waals surface area contributed by atoms with Gasteiger partial charge in [0.1, 0.15) is 5.69 Å². The molecule has 0 aliphatic carbocycles. The summed E-state index contributed by atoms with van der Waals surface area (Å²) in [6, 6.07) is 13.9. The van der Waals surface area contributed by atoms with E-state index in [4.69, 9.17) is 0 Å². The highest BCUT2D eigenvalue weighted by atomic mass is 35.5. The van der Waals surface area contributed by atoms with Gasteiger partial charge in [0, 0.05) is 25.3 Å². The van der Waals surface area contributed by atoms with E-state index in [2.05, 4.69) is 10.3 Å². The van der Waals surface area contributed by atoms with Gasteiger partial charge in [-0.25, -0.2) is 0 Å². The number of carbonyl (C=O) groups is 1. The second kappa shape index (κ2) is 7.29. The Morgan fingerprint density at radius 1 is 1.00 bits per heavy atom. The molecule has 1 saturated heterocycles. The van der Waals surface area contributed by atoms with E-state index < -0.39 is 0 Å². The van der Waals surface area contributed by atoms with Crippen LogP contribution < -0.4 is 5.32 Å². The fraction of sp³-hybridized carbons (Fsp3) is 0.312. The number of rotatable bonds is 2. The molecule has 2 N–H and O–H groups in total. The van der Waals surface area contributed by atoms with Crippen molar-refractivity contribution in [3.05, 3.63) is 48.2 Å². The van der Waals surface area contributed by atoms with Crippen molar-refractivity contribution in [1.82, 2.24) is 15.2 Å². The van der Waals surface area contributed by atoms with Crippen molar-refractivity contribution < 1.29 is 4.79 Å². The van der Waals surface area contributed by atoms with Gasteiger partial charge in [-0.15, -0.1) is 12.4 Å². The van der Waals surface area contributed by atoms with E-state index in [0.717, 1.165) is 43.9 Å². The normalized spacial score (nSPS) is 15.1. The predicted octanol–water partition coefficient (Wildman–Crippen LogP) is 2.54. The lowest BCUT2D eigenvalue weighted by atomic mass is 10.2. The molecule has 1 fully saturated rings. The molecule has 0 radical (unpaired) electrons. The molecule has 112 valence electrons. The number of halogens is 1. The summed E-state index contributed by atoms with van der Waals surface area (Å²) in [5.74, 6) is 0.0934. The number of hydrogen-bond donors (Lipinski definition) is 2. The summed E-state index contributed by atoms with van der Waals surface area (Å²) in [5, 5.41) is 3.31. The van der Waals surface area contributed by atoms with Crippen LogP contribution in [0.4, 0.5) is 0 Å². The molecule has 1 aliphatic heterocycles. The minimum atomic E-state index is 0. The molecular weight excluding hydrogens is 286 g/mol. The highest BCUT2D eigenvalue weighted by molar-refractivity contribution is 5.93. The first-order chi connectivity index (χ1) is 9.84. The van der Waals surface area contributed by atoms with Crippen LogP contribution in [0.25, 0.3) is 11.3 Å². The monoisotopic (exact) mass is 305 g/mol. The number of carbonyl (C=O) groups excluding carboxylic acids is 1. The smallest absolute Gasteiger partial charge is 0.270 e. The number of benzene rings is 1. The van der Waals surface area contributed by atoms with Gasteiger partial charge in [0.25, 0.3) is 5.91 Å². The molecular formula is C16H20ClN3O. The zero-order valence-corrected chi connectivity index (χ0v) is 12.7. The topological polar surface area (TPSA) is 48.1 Å². The zero-order chi connectivity index (χ0) is 13.8. The van der Waals surface area contributed by atoms with Gasteiger partial charge in [0.05, 0.1) is 0 Å². The molecule has 0 spiro atoms.